The average molecular weight is 335 g/mol. The van der Waals surface area contributed by atoms with Crippen molar-refractivity contribution in [1.29, 1.82) is 0 Å². The Morgan fingerprint density at radius 3 is 2.25 bits per heavy atom. The van der Waals surface area contributed by atoms with E-state index in [-0.39, 0.29) is 29.8 Å². The van der Waals surface area contributed by atoms with E-state index in [0.717, 1.165) is 25.9 Å². The molecule has 0 N–H and O–H groups in total. The lowest BCUT2D eigenvalue weighted by atomic mass is 9.72. The number of methoxy groups -OCH3 is 2. The van der Waals surface area contributed by atoms with Crippen LogP contribution in [0, 0.1) is 17.3 Å². The Hall–Kier alpha value is -1.50. The van der Waals surface area contributed by atoms with Gasteiger partial charge >= 0.3 is 11.9 Å². The average Bonchev–Trinajstić information content (AvgIpc) is 3.13. The molecule has 0 radical (unpaired) electrons. The highest BCUT2D eigenvalue weighted by molar-refractivity contribution is 5.94. The van der Waals surface area contributed by atoms with E-state index in [9.17, 15) is 9.59 Å². The Kier molecular flexibility index (Phi) is 3.18. The highest BCUT2D eigenvalue weighted by Crippen LogP contribution is 2.81. The van der Waals surface area contributed by atoms with Crippen molar-refractivity contribution in [3.8, 4) is 0 Å². The Balaban J connectivity index is 1.86. The van der Waals surface area contributed by atoms with Crippen LogP contribution in [-0.2, 0) is 19.1 Å². The molecule has 3 heterocycles. The van der Waals surface area contributed by atoms with Crippen molar-refractivity contribution in [3.05, 3.63) is 0 Å². The zero-order chi connectivity index (χ0) is 17.3. The molecule has 4 bridgehead atoms. The molecule has 2 aliphatic carbocycles. The number of rotatable bonds is 3. The minimum atomic E-state index is -0.999. The molecule has 0 aromatic rings. The molecule has 132 valence electrons. The topological polar surface area (TPSA) is 80.6 Å². The maximum atomic E-state index is 12.8. The Morgan fingerprint density at radius 1 is 1.04 bits per heavy atom. The molecule has 5 rings (SSSR count). The van der Waals surface area contributed by atoms with Gasteiger partial charge in [0.2, 0.25) is 0 Å². The van der Waals surface area contributed by atoms with Crippen LogP contribution in [0.25, 0.3) is 0 Å². The van der Waals surface area contributed by atoms with Gasteiger partial charge in [-0.2, -0.15) is 10.2 Å². The second kappa shape index (κ2) is 4.77. The molecule has 24 heavy (non-hydrogen) atoms. The van der Waals surface area contributed by atoms with Gasteiger partial charge < -0.3 is 9.47 Å². The third kappa shape index (κ3) is 1.40. The largest absolute Gasteiger partial charge is 0.467 e. The standard InChI is InChI=1S/C17H25N3O4/c1-10-11-15(2)12(20-8-6-5-7-9-20)16(10,13(21)23-3)18-19-17(11,15)14(22)24-4/h10-12H,5-9H2,1-4H3/t10-,11+,12+,15-,16-,17-/m0/s1. The Labute approximate surface area is 141 Å². The van der Waals surface area contributed by atoms with E-state index < -0.39 is 16.5 Å². The van der Waals surface area contributed by atoms with E-state index in [1.165, 1.54) is 20.6 Å². The van der Waals surface area contributed by atoms with Crippen LogP contribution >= 0.6 is 0 Å². The SMILES string of the molecule is COC(=O)[C@]12N=N[C@]3(C(=O)OC)[C@H]([C@@H]1C)[C@@]3(C)[C@H]2N1CCCCC1. The molecule has 0 aromatic heterocycles. The van der Waals surface area contributed by atoms with E-state index >= 15 is 0 Å². The van der Waals surface area contributed by atoms with Crippen LogP contribution < -0.4 is 0 Å². The first-order valence-electron chi connectivity index (χ1n) is 8.77. The summed E-state index contributed by atoms with van der Waals surface area (Å²) in [7, 11) is 2.80. The molecule has 3 fully saturated rings. The molecule has 3 aliphatic heterocycles. The van der Waals surface area contributed by atoms with Crippen molar-refractivity contribution in [2.24, 2.45) is 27.5 Å². The lowest BCUT2D eigenvalue weighted by molar-refractivity contribution is -0.160. The zero-order valence-corrected chi connectivity index (χ0v) is 14.7. The normalized spacial score (nSPS) is 48.9. The van der Waals surface area contributed by atoms with Crippen molar-refractivity contribution < 1.29 is 19.1 Å². The van der Waals surface area contributed by atoms with Gasteiger partial charge in [0.15, 0.2) is 11.1 Å². The highest BCUT2D eigenvalue weighted by atomic mass is 16.5. The minimum absolute atomic E-state index is 0.0269. The van der Waals surface area contributed by atoms with Crippen LogP contribution in [0.3, 0.4) is 0 Å². The van der Waals surface area contributed by atoms with Crippen LogP contribution in [0.1, 0.15) is 33.1 Å². The van der Waals surface area contributed by atoms with Crippen molar-refractivity contribution in [2.45, 2.75) is 50.2 Å². The smallest absolute Gasteiger partial charge is 0.337 e. The lowest BCUT2D eigenvalue weighted by Crippen LogP contribution is -2.66. The number of carbonyl (C=O) groups is 2. The number of likely N-dealkylation sites (tertiary alicyclic amines) is 1. The summed E-state index contributed by atoms with van der Waals surface area (Å²) in [5.41, 5.74) is -2.35. The van der Waals surface area contributed by atoms with E-state index in [1.807, 2.05) is 6.92 Å². The Bertz CT molecular complexity index is 631. The van der Waals surface area contributed by atoms with Crippen molar-refractivity contribution >= 4 is 11.9 Å². The summed E-state index contributed by atoms with van der Waals surface area (Å²) in [4.78, 5) is 27.7. The fraction of sp³-hybridized carbons (Fsp3) is 0.882. The molecule has 6 atom stereocenters. The van der Waals surface area contributed by atoms with E-state index in [0.29, 0.717) is 0 Å². The minimum Gasteiger partial charge on any atom is -0.467 e. The van der Waals surface area contributed by atoms with Crippen LogP contribution in [-0.4, -0.2) is 61.3 Å². The molecule has 0 spiro atoms. The van der Waals surface area contributed by atoms with Crippen LogP contribution in [0.5, 0.6) is 0 Å². The first-order valence-corrected chi connectivity index (χ1v) is 8.77. The number of piperidine rings is 1. The summed E-state index contributed by atoms with van der Waals surface area (Å²) in [6.45, 7) is 5.93. The molecular weight excluding hydrogens is 310 g/mol. The predicted octanol–water partition coefficient (Wildman–Crippen LogP) is 1.42. The summed E-state index contributed by atoms with van der Waals surface area (Å²) in [6.07, 6.45) is 3.41. The molecule has 2 saturated carbocycles. The quantitative estimate of drug-likeness (QED) is 0.729. The van der Waals surface area contributed by atoms with Gasteiger partial charge in [-0.3, -0.25) is 4.90 Å². The number of hydrogen-bond donors (Lipinski definition) is 0. The maximum Gasteiger partial charge on any atom is 0.337 e. The van der Waals surface area contributed by atoms with Gasteiger partial charge in [-0.05, 0) is 25.9 Å². The van der Waals surface area contributed by atoms with Crippen molar-refractivity contribution in [3.63, 3.8) is 0 Å². The Morgan fingerprint density at radius 2 is 1.67 bits per heavy atom. The van der Waals surface area contributed by atoms with Gasteiger partial charge in [0.05, 0.1) is 20.3 Å². The lowest BCUT2D eigenvalue weighted by Gasteiger charge is -2.48. The van der Waals surface area contributed by atoms with Gasteiger partial charge in [0.25, 0.3) is 0 Å². The van der Waals surface area contributed by atoms with E-state index in [4.69, 9.17) is 9.47 Å². The van der Waals surface area contributed by atoms with Gasteiger partial charge in [-0.1, -0.05) is 20.3 Å². The van der Waals surface area contributed by atoms with Gasteiger partial charge in [0, 0.05) is 17.3 Å². The number of ether oxygens (including phenoxy) is 2. The third-order valence-corrected chi connectivity index (χ3v) is 7.15. The van der Waals surface area contributed by atoms with Crippen LogP contribution in [0.15, 0.2) is 10.2 Å². The van der Waals surface area contributed by atoms with Gasteiger partial charge in [0.1, 0.15) is 0 Å². The molecule has 0 aromatic carbocycles. The number of azo groups is 1. The number of carbonyl (C=O) groups excluding carboxylic acids is 2. The summed E-state index contributed by atoms with van der Waals surface area (Å²) < 4.78 is 10.2. The molecule has 0 amide bonds. The highest BCUT2D eigenvalue weighted by Gasteiger charge is 2.95. The summed E-state index contributed by atoms with van der Waals surface area (Å²) in [5, 5.41) is 8.82. The van der Waals surface area contributed by atoms with Gasteiger partial charge in [-0.15, -0.1) is 0 Å². The van der Waals surface area contributed by atoms with E-state index in [2.05, 4.69) is 22.1 Å². The molecular formula is C17H25N3O4. The first-order chi connectivity index (χ1) is 11.4. The molecule has 5 aliphatic rings. The van der Waals surface area contributed by atoms with Crippen LogP contribution in [0.4, 0.5) is 0 Å². The second-order valence-corrected chi connectivity index (χ2v) is 7.82. The summed E-state index contributed by atoms with van der Waals surface area (Å²) in [5.74, 6) is -0.786. The molecule has 1 saturated heterocycles. The van der Waals surface area contributed by atoms with Crippen molar-refractivity contribution in [1.82, 2.24) is 4.90 Å². The first kappa shape index (κ1) is 16.0. The number of nitrogens with zero attached hydrogens (tertiary/aromatic N) is 3. The number of esters is 2. The second-order valence-electron chi connectivity index (χ2n) is 7.82. The monoisotopic (exact) mass is 335 g/mol. The molecule has 7 nitrogen and oxygen atoms in total. The maximum absolute atomic E-state index is 12.8. The predicted molar refractivity (Wildman–Crippen MR) is 84.3 cm³/mol. The molecule has 0 unspecified atom stereocenters. The fourth-order valence-electron chi connectivity index (χ4n) is 6.23. The van der Waals surface area contributed by atoms with E-state index in [1.54, 1.807) is 0 Å². The zero-order valence-electron chi connectivity index (χ0n) is 14.7. The third-order valence-electron chi connectivity index (χ3n) is 7.15. The number of hydrogen-bond acceptors (Lipinski definition) is 7. The van der Waals surface area contributed by atoms with Gasteiger partial charge in [-0.25, -0.2) is 9.59 Å². The fourth-order valence-corrected chi connectivity index (χ4v) is 6.23. The summed E-state index contributed by atoms with van der Waals surface area (Å²) >= 11 is 0. The summed E-state index contributed by atoms with van der Waals surface area (Å²) in [6, 6.07) is -0.158. The van der Waals surface area contributed by atoms with Crippen LogP contribution in [0.2, 0.25) is 0 Å². The van der Waals surface area contributed by atoms with Crippen molar-refractivity contribution in [2.75, 3.05) is 27.3 Å². The molecule has 7 heteroatoms.